The number of Topliss-reactive ketones (excluding diaryl/α,β-unsaturated/α-hetero) is 2. The molecule has 100 valence electrons. The molecule has 0 rings (SSSR count). The first-order chi connectivity index (χ1) is 8.09. The van der Waals surface area contributed by atoms with Crippen LogP contribution in [0.5, 0.6) is 0 Å². The fraction of sp³-hybridized carbons (Fsp3) is 0.867. The average Bonchev–Trinajstić information content (AvgIpc) is 2.26. The highest BCUT2D eigenvalue weighted by Crippen LogP contribution is 2.14. The summed E-state index contributed by atoms with van der Waals surface area (Å²) in [5, 5.41) is 0. The lowest BCUT2D eigenvalue weighted by molar-refractivity contribution is -0.130. The van der Waals surface area contributed by atoms with E-state index < -0.39 is 0 Å². The van der Waals surface area contributed by atoms with Gasteiger partial charge in [-0.05, 0) is 20.3 Å². The molecule has 0 N–H and O–H groups in total. The normalized spacial score (nSPS) is 10.8. The van der Waals surface area contributed by atoms with Crippen LogP contribution in [0.4, 0.5) is 0 Å². The zero-order valence-electron chi connectivity index (χ0n) is 11.8. The number of carbonyl (C=O) groups is 2. The van der Waals surface area contributed by atoms with Gasteiger partial charge in [0.15, 0.2) is 0 Å². The Morgan fingerprint density at radius 3 is 1.59 bits per heavy atom. The van der Waals surface area contributed by atoms with Gasteiger partial charge in [-0.2, -0.15) is 0 Å². The summed E-state index contributed by atoms with van der Waals surface area (Å²) in [7, 11) is 0. The van der Waals surface area contributed by atoms with E-state index in [9.17, 15) is 9.59 Å². The first-order valence-electron chi connectivity index (χ1n) is 7.10. The Bertz CT molecular complexity index is 207. The third kappa shape index (κ3) is 9.08. The maximum absolute atomic E-state index is 11.2. The minimum absolute atomic E-state index is 0.0282. The first kappa shape index (κ1) is 16.3. The third-order valence-corrected chi connectivity index (χ3v) is 3.33. The summed E-state index contributed by atoms with van der Waals surface area (Å²) >= 11 is 0. The van der Waals surface area contributed by atoms with Crippen LogP contribution < -0.4 is 0 Å². The molecule has 2 heteroatoms. The van der Waals surface area contributed by atoms with E-state index in [2.05, 4.69) is 6.92 Å². The van der Waals surface area contributed by atoms with Crippen molar-refractivity contribution >= 4 is 11.6 Å². The lowest BCUT2D eigenvalue weighted by atomic mass is 9.93. The highest BCUT2D eigenvalue weighted by Gasteiger charge is 2.18. The molecule has 0 radical (unpaired) electrons. The van der Waals surface area contributed by atoms with Gasteiger partial charge in [0, 0.05) is 0 Å². The van der Waals surface area contributed by atoms with Crippen LogP contribution in [0.15, 0.2) is 0 Å². The number of unbranched alkanes of at least 4 members (excludes halogenated alkanes) is 7. The summed E-state index contributed by atoms with van der Waals surface area (Å²) in [5.74, 6) is -0.281. The van der Waals surface area contributed by atoms with Gasteiger partial charge in [-0.25, -0.2) is 0 Å². The molecule has 2 nitrogen and oxygen atoms in total. The fourth-order valence-corrected chi connectivity index (χ4v) is 2.18. The predicted molar refractivity (Wildman–Crippen MR) is 72.1 cm³/mol. The van der Waals surface area contributed by atoms with Crippen molar-refractivity contribution < 1.29 is 9.59 Å². The fourth-order valence-electron chi connectivity index (χ4n) is 2.18. The van der Waals surface area contributed by atoms with Gasteiger partial charge in [0.25, 0.3) is 0 Å². The summed E-state index contributed by atoms with van der Waals surface area (Å²) < 4.78 is 0. The van der Waals surface area contributed by atoms with E-state index in [1.807, 2.05) is 0 Å². The molecule has 0 aliphatic rings. The molecule has 0 fully saturated rings. The van der Waals surface area contributed by atoms with Gasteiger partial charge in [0.05, 0.1) is 5.92 Å². The molecule has 0 saturated heterocycles. The molecule has 0 spiro atoms. The highest BCUT2D eigenvalue weighted by molar-refractivity contribution is 6.00. The summed E-state index contributed by atoms with van der Waals surface area (Å²) in [6, 6.07) is 0. The maximum Gasteiger partial charge on any atom is 0.140 e. The number of hydrogen-bond donors (Lipinski definition) is 0. The lowest BCUT2D eigenvalue weighted by Gasteiger charge is -2.09. The smallest absolute Gasteiger partial charge is 0.140 e. The molecular weight excluding hydrogens is 212 g/mol. The monoisotopic (exact) mass is 240 g/mol. The number of carbonyl (C=O) groups excluding carboxylic acids is 2. The summed E-state index contributed by atoms with van der Waals surface area (Å²) in [6.45, 7) is 5.28. The Hall–Kier alpha value is -0.660. The topological polar surface area (TPSA) is 34.1 Å². The Labute approximate surface area is 106 Å². The van der Waals surface area contributed by atoms with Crippen LogP contribution in [0.25, 0.3) is 0 Å². The maximum atomic E-state index is 11.2. The van der Waals surface area contributed by atoms with Crippen molar-refractivity contribution in [1.29, 1.82) is 0 Å². The molecule has 0 amide bonds. The van der Waals surface area contributed by atoms with E-state index in [1.54, 1.807) is 0 Å². The summed E-state index contributed by atoms with van der Waals surface area (Å²) in [6.07, 6.45) is 10.8. The van der Waals surface area contributed by atoms with Crippen LogP contribution in [0, 0.1) is 5.92 Å². The second-order valence-corrected chi connectivity index (χ2v) is 5.04. The molecule has 0 aliphatic heterocycles. The molecule has 0 saturated carbocycles. The Kier molecular flexibility index (Phi) is 10.1. The SMILES string of the molecule is CCCCCCCCCCC(C(C)=O)C(C)=O. The van der Waals surface area contributed by atoms with E-state index in [0.29, 0.717) is 0 Å². The number of hydrogen-bond acceptors (Lipinski definition) is 2. The molecule has 0 atom stereocenters. The van der Waals surface area contributed by atoms with E-state index >= 15 is 0 Å². The van der Waals surface area contributed by atoms with Gasteiger partial charge in [-0.3, -0.25) is 9.59 Å². The van der Waals surface area contributed by atoms with Crippen LogP contribution in [0.3, 0.4) is 0 Å². The second kappa shape index (κ2) is 10.5. The zero-order chi connectivity index (χ0) is 13.1. The Morgan fingerprint density at radius 1 is 0.765 bits per heavy atom. The zero-order valence-corrected chi connectivity index (χ0v) is 11.8. The highest BCUT2D eigenvalue weighted by atomic mass is 16.1. The summed E-state index contributed by atoms with van der Waals surface area (Å²) in [5.41, 5.74) is 0. The van der Waals surface area contributed by atoms with Crippen molar-refractivity contribution in [2.45, 2.75) is 78.6 Å². The van der Waals surface area contributed by atoms with Crippen molar-refractivity contribution in [3.8, 4) is 0 Å². The molecular formula is C15H28O2. The van der Waals surface area contributed by atoms with Gasteiger partial charge in [-0.1, -0.05) is 58.3 Å². The molecule has 0 aliphatic carbocycles. The molecule has 0 bridgehead atoms. The van der Waals surface area contributed by atoms with E-state index in [4.69, 9.17) is 0 Å². The van der Waals surface area contributed by atoms with E-state index in [0.717, 1.165) is 19.3 Å². The van der Waals surface area contributed by atoms with Gasteiger partial charge in [0.2, 0.25) is 0 Å². The van der Waals surface area contributed by atoms with Crippen molar-refractivity contribution in [1.82, 2.24) is 0 Å². The molecule has 17 heavy (non-hydrogen) atoms. The molecule has 0 aromatic carbocycles. The van der Waals surface area contributed by atoms with Gasteiger partial charge in [-0.15, -0.1) is 0 Å². The van der Waals surface area contributed by atoms with Gasteiger partial charge < -0.3 is 0 Å². The molecule has 0 aromatic heterocycles. The van der Waals surface area contributed by atoms with Crippen LogP contribution in [-0.2, 0) is 9.59 Å². The minimum Gasteiger partial charge on any atom is -0.299 e. The van der Waals surface area contributed by atoms with Crippen LogP contribution in [-0.4, -0.2) is 11.6 Å². The van der Waals surface area contributed by atoms with Crippen LogP contribution in [0.1, 0.15) is 78.6 Å². The number of rotatable bonds is 11. The van der Waals surface area contributed by atoms with Crippen molar-refractivity contribution in [3.05, 3.63) is 0 Å². The lowest BCUT2D eigenvalue weighted by Crippen LogP contribution is -2.19. The molecule has 0 aromatic rings. The largest absolute Gasteiger partial charge is 0.299 e. The standard InChI is InChI=1S/C15H28O2/c1-4-5-6-7-8-9-10-11-12-15(13(2)16)14(3)17/h15H,4-12H2,1-3H3. The first-order valence-corrected chi connectivity index (χ1v) is 7.10. The van der Waals surface area contributed by atoms with Crippen molar-refractivity contribution in [2.24, 2.45) is 5.92 Å². The second-order valence-electron chi connectivity index (χ2n) is 5.04. The Morgan fingerprint density at radius 2 is 1.18 bits per heavy atom. The quantitative estimate of drug-likeness (QED) is 0.398. The van der Waals surface area contributed by atoms with Gasteiger partial charge >= 0.3 is 0 Å². The third-order valence-electron chi connectivity index (χ3n) is 3.33. The van der Waals surface area contributed by atoms with Gasteiger partial charge in [0.1, 0.15) is 11.6 Å². The van der Waals surface area contributed by atoms with Crippen molar-refractivity contribution in [3.63, 3.8) is 0 Å². The molecule has 0 heterocycles. The Balaban J connectivity index is 3.43. The van der Waals surface area contributed by atoms with Crippen LogP contribution in [0.2, 0.25) is 0 Å². The number of ketones is 2. The molecule has 0 unspecified atom stereocenters. The van der Waals surface area contributed by atoms with Crippen LogP contribution >= 0.6 is 0 Å². The van der Waals surface area contributed by atoms with Crippen molar-refractivity contribution in [2.75, 3.05) is 0 Å². The average molecular weight is 240 g/mol. The van der Waals surface area contributed by atoms with E-state index in [1.165, 1.54) is 52.4 Å². The summed E-state index contributed by atoms with van der Waals surface area (Å²) in [4.78, 5) is 22.4. The minimum atomic E-state index is -0.338. The van der Waals surface area contributed by atoms with E-state index in [-0.39, 0.29) is 17.5 Å². The predicted octanol–water partition coefficient (Wildman–Crippen LogP) is 4.31.